The topological polar surface area (TPSA) is 103 Å². The molecule has 0 spiro atoms. The van der Waals surface area contributed by atoms with Gasteiger partial charge in [-0.25, -0.2) is 4.79 Å². The van der Waals surface area contributed by atoms with Gasteiger partial charge in [-0.2, -0.15) is 0 Å². The SMILES string of the molecule is CCC(CO)(CO)NCc1ccc(C(=O)O)cn1. The molecule has 1 rings (SSSR count). The van der Waals surface area contributed by atoms with Crippen molar-refractivity contribution in [3.63, 3.8) is 0 Å². The highest BCUT2D eigenvalue weighted by Gasteiger charge is 2.25. The Morgan fingerprint density at radius 3 is 2.44 bits per heavy atom. The summed E-state index contributed by atoms with van der Waals surface area (Å²) in [4.78, 5) is 14.6. The predicted molar refractivity (Wildman–Crippen MR) is 65.2 cm³/mol. The fourth-order valence-corrected chi connectivity index (χ4v) is 1.44. The van der Waals surface area contributed by atoms with Gasteiger partial charge in [0.25, 0.3) is 0 Å². The minimum Gasteiger partial charge on any atom is -0.478 e. The number of aromatic carboxylic acids is 1. The van der Waals surface area contributed by atoms with Crippen LogP contribution in [0.2, 0.25) is 0 Å². The van der Waals surface area contributed by atoms with E-state index in [1.807, 2.05) is 6.92 Å². The number of hydrogen-bond acceptors (Lipinski definition) is 5. The van der Waals surface area contributed by atoms with Gasteiger partial charge in [0.15, 0.2) is 0 Å². The first-order chi connectivity index (χ1) is 8.56. The van der Waals surface area contributed by atoms with Gasteiger partial charge in [-0.1, -0.05) is 6.92 Å². The molecule has 0 fully saturated rings. The minimum atomic E-state index is -1.02. The summed E-state index contributed by atoms with van der Waals surface area (Å²) in [5.74, 6) is -1.02. The van der Waals surface area contributed by atoms with Crippen LogP contribution in [-0.4, -0.2) is 45.0 Å². The average molecular weight is 254 g/mol. The number of nitrogens with one attached hydrogen (secondary N) is 1. The molecule has 1 aromatic heterocycles. The third-order valence-corrected chi connectivity index (χ3v) is 3.00. The molecule has 0 aliphatic heterocycles. The van der Waals surface area contributed by atoms with Gasteiger partial charge in [0.1, 0.15) is 0 Å². The molecule has 0 aromatic carbocycles. The Kier molecular flexibility index (Phi) is 5.21. The number of carboxylic acids is 1. The molecule has 0 amide bonds. The van der Waals surface area contributed by atoms with Crippen LogP contribution in [0.25, 0.3) is 0 Å². The first kappa shape index (κ1) is 14.6. The number of rotatable bonds is 7. The van der Waals surface area contributed by atoms with Crippen molar-refractivity contribution >= 4 is 5.97 Å². The van der Waals surface area contributed by atoms with E-state index in [2.05, 4.69) is 10.3 Å². The molecule has 18 heavy (non-hydrogen) atoms. The van der Waals surface area contributed by atoms with Gasteiger partial charge >= 0.3 is 5.97 Å². The number of aliphatic hydroxyl groups is 2. The molecular formula is C12H18N2O4. The third-order valence-electron chi connectivity index (χ3n) is 3.00. The molecule has 100 valence electrons. The molecule has 0 saturated carbocycles. The second-order valence-corrected chi connectivity index (χ2v) is 4.15. The Hall–Kier alpha value is -1.50. The Morgan fingerprint density at radius 2 is 2.06 bits per heavy atom. The van der Waals surface area contributed by atoms with Gasteiger partial charge in [-0.15, -0.1) is 0 Å². The number of aliphatic hydroxyl groups excluding tert-OH is 2. The molecule has 0 aliphatic rings. The highest BCUT2D eigenvalue weighted by molar-refractivity contribution is 5.87. The zero-order valence-corrected chi connectivity index (χ0v) is 10.3. The lowest BCUT2D eigenvalue weighted by Crippen LogP contribution is -2.50. The van der Waals surface area contributed by atoms with Crippen LogP contribution in [0.3, 0.4) is 0 Å². The zero-order valence-electron chi connectivity index (χ0n) is 10.3. The first-order valence-corrected chi connectivity index (χ1v) is 5.72. The number of hydrogen-bond donors (Lipinski definition) is 4. The lowest BCUT2D eigenvalue weighted by Gasteiger charge is -2.29. The van der Waals surface area contributed by atoms with Crippen LogP contribution in [0.5, 0.6) is 0 Å². The molecule has 0 unspecified atom stereocenters. The summed E-state index contributed by atoms with van der Waals surface area (Å²) in [6.07, 6.45) is 1.86. The van der Waals surface area contributed by atoms with E-state index in [1.54, 1.807) is 6.07 Å². The minimum absolute atomic E-state index is 0.129. The second kappa shape index (κ2) is 6.44. The van der Waals surface area contributed by atoms with Gasteiger partial charge in [0.05, 0.1) is 30.0 Å². The van der Waals surface area contributed by atoms with Crippen molar-refractivity contribution in [2.75, 3.05) is 13.2 Å². The van der Waals surface area contributed by atoms with E-state index in [1.165, 1.54) is 12.3 Å². The van der Waals surface area contributed by atoms with Crippen LogP contribution in [0, 0.1) is 0 Å². The van der Waals surface area contributed by atoms with E-state index in [0.717, 1.165) is 0 Å². The third kappa shape index (κ3) is 3.49. The summed E-state index contributed by atoms with van der Waals surface area (Å²) in [6, 6.07) is 3.07. The number of carboxylic acid groups (broad SMARTS) is 1. The first-order valence-electron chi connectivity index (χ1n) is 5.72. The number of pyridine rings is 1. The van der Waals surface area contributed by atoms with Crippen LogP contribution in [-0.2, 0) is 6.54 Å². The van der Waals surface area contributed by atoms with Crippen molar-refractivity contribution in [2.24, 2.45) is 0 Å². The summed E-state index contributed by atoms with van der Waals surface area (Å²) in [7, 11) is 0. The molecular weight excluding hydrogens is 236 g/mol. The lowest BCUT2D eigenvalue weighted by molar-refractivity contribution is 0.0696. The molecule has 0 saturated heterocycles. The summed E-state index contributed by atoms with van der Waals surface area (Å²) in [6.45, 7) is 1.87. The largest absolute Gasteiger partial charge is 0.478 e. The van der Waals surface area contributed by atoms with Crippen molar-refractivity contribution in [2.45, 2.75) is 25.4 Å². The van der Waals surface area contributed by atoms with E-state index in [9.17, 15) is 15.0 Å². The maximum Gasteiger partial charge on any atom is 0.337 e. The van der Waals surface area contributed by atoms with Crippen molar-refractivity contribution in [1.29, 1.82) is 0 Å². The van der Waals surface area contributed by atoms with Gasteiger partial charge in [0.2, 0.25) is 0 Å². The van der Waals surface area contributed by atoms with E-state index >= 15 is 0 Å². The summed E-state index contributed by atoms with van der Waals surface area (Å²) >= 11 is 0. The highest BCUT2D eigenvalue weighted by atomic mass is 16.4. The zero-order chi connectivity index (χ0) is 13.6. The molecule has 1 aromatic rings. The van der Waals surface area contributed by atoms with Crippen molar-refractivity contribution in [3.05, 3.63) is 29.6 Å². The fourth-order valence-electron chi connectivity index (χ4n) is 1.44. The monoisotopic (exact) mass is 254 g/mol. The number of nitrogens with zero attached hydrogens (tertiary/aromatic N) is 1. The second-order valence-electron chi connectivity index (χ2n) is 4.15. The van der Waals surface area contributed by atoms with Gasteiger partial charge < -0.3 is 20.6 Å². The molecule has 6 nitrogen and oxygen atoms in total. The van der Waals surface area contributed by atoms with Crippen LogP contribution in [0.1, 0.15) is 29.4 Å². The normalized spacial score (nSPS) is 11.5. The molecule has 0 aliphatic carbocycles. The Labute approximate surface area is 105 Å². The van der Waals surface area contributed by atoms with E-state index in [0.29, 0.717) is 18.7 Å². The van der Waals surface area contributed by atoms with Crippen LogP contribution in [0.15, 0.2) is 18.3 Å². The van der Waals surface area contributed by atoms with Crippen molar-refractivity contribution in [3.8, 4) is 0 Å². The predicted octanol–water partition coefficient (Wildman–Crippen LogP) is 0.00280. The Bertz CT molecular complexity index is 379. The smallest absolute Gasteiger partial charge is 0.337 e. The summed E-state index contributed by atoms with van der Waals surface area (Å²) < 4.78 is 0. The van der Waals surface area contributed by atoms with Gasteiger partial charge in [0, 0.05) is 12.7 Å². The van der Waals surface area contributed by atoms with Crippen molar-refractivity contribution < 1.29 is 20.1 Å². The van der Waals surface area contributed by atoms with E-state index < -0.39 is 11.5 Å². The molecule has 4 N–H and O–H groups in total. The molecule has 0 bridgehead atoms. The van der Waals surface area contributed by atoms with Gasteiger partial charge in [-0.3, -0.25) is 4.98 Å². The Morgan fingerprint density at radius 1 is 1.39 bits per heavy atom. The highest BCUT2D eigenvalue weighted by Crippen LogP contribution is 2.10. The lowest BCUT2D eigenvalue weighted by atomic mass is 9.98. The summed E-state index contributed by atoms with van der Waals surface area (Å²) in [5, 5.41) is 30.3. The standard InChI is InChI=1S/C12H18N2O4/c1-2-12(7-15,8-16)14-6-10-4-3-9(5-13-10)11(17)18/h3-5,14-16H,2,6-8H2,1H3,(H,17,18). The summed E-state index contributed by atoms with van der Waals surface area (Å²) in [5.41, 5.74) is 0.0530. The molecule has 6 heteroatoms. The maximum atomic E-state index is 10.6. The molecule has 1 heterocycles. The van der Waals surface area contributed by atoms with Crippen LogP contribution < -0.4 is 5.32 Å². The van der Waals surface area contributed by atoms with Crippen LogP contribution >= 0.6 is 0 Å². The molecule has 0 radical (unpaired) electrons. The molecule has 0 atom stereocenters. The van der Waals surface area contributed by atoms with Crippen molar-refractivity contribution in [1.82, 2.24) is 10.3 Å². The van der Waals surface area contributed by atoms with E-state index in [4.69, 9.17) is 5.11 Å². The quantitative estimate of drug-likeness (QED) is 0.546. The number of carbonyl (C=O) groups is 1. The van der Waals surface area contributed by atoms with Gasteiger partial charge in [-0.05, 0) is 18.6 Å². The number of aromatic nitrogens is 1. The Balaban J connectivity index is 2.65. The maximum absolute atomic E-state index is 10.6. The fraction of sp³-hybridized carbons (Fsp3) is 0.500. The average Bonchev–Trinajstić information content (AvgIpc) is 2.41. The van der Waals surface area contributed by atoms with E-state index in [-0.39, 0.29) is 18.8 Å². The van der Waals surface area contributed by atoms with Crippen LogP contribution in [0.4, 0.5) is 0 Å².